The molecule has 0 spiro atoms. The maximum atomic E-state index is 12.9. The first-order chi connectivity index (χ1) is 13.5. The molecule has 0 saturated carbocycles. The number of amides is 2. The average molecular weight is 377 g/mol. The van der Waals surface area contributed by atoms with Gasteiger partial charge in [-0.3, -0.25) is 24.0 Å². The molecule has 0 radical (unpaired) electrons. The van der Waals surface area contributed by atoms with Gasteiger partial charge in [-0.1, -0.05) is 36.4 Å². The summed E-state index contributed by atoms with van der Waals surface area (Å²) in [5, 5.41) is 6.74. The Bertz CT molecular complexity index is 999. The van der Waals surface area contributed by atoms with E-state index in [0.29, 0.717) is 11.4 Å². The molecular weight excluding hydrogens is 358 g/mol. The fraction of sp³-hybridized carbons (Fsp3) is 0.150. The molecule has 3 rings (SSSR count). The highest BCUT2D eigenvalue weighted by Gasteiger charge is 2.28. The van der Waals surface area contributed by atoms with Gasteiger partial charge in [0.2, 0.25) is 5.78 Å². The van der Waals surface area contributed by atoms with Crippen molar-refractivity contribution in [3.8, 4) is 11.4 Å². The molecular formula is C20H19N5O3. The molecule has 142 valence electrons. The molecule has 1 aromatic carbocycles. The lowest BCUT2D eigenvalue weighted by Gasteiger charge is -2.16. The summed E-state index contributed by atoms with van der Waals surface area (Å²) in [6.07, 6.45) is 3.15. The van der Waals surface area contributed by atoms with E-state index in [4.69, 9.17) is 5.73 Å². The molecule has 2 aromatic heterocycles. The van der Waals surface area contributed by atoms with Gasteiger partial charge < -0.3 is 11.1 Å². The number of hydrogen-bond acceptors (Lipinski definition) is 5. The highest BCUT2D eigenvalue weighted by Crippen LogP contribution is 2.21. The van der Waals surface area contributed by atoms with Gasteiger partial charge in [0.15, 0.2) is 0 Å². The fourth-order valence-electron chi connectivity index (χ4n) is 2.88. The number of aryl methyl sites for hydroxylation is 1. The number of hydrogen-bond donors (Lipinski definition) is 2. The van der Waals surface area contributed by atoms with Crippen molar-refractivity contribution in [3.05, 3.63) is 72.1 Å². The predicted molar refractivity (Wildman–Crippen MR) is 102 cm³/mol. The third-order valence-electron chi connectivity index (χ3n) is 4.24. The Morgan fingerprint density at radius 2 is 1.82 bits per heavy atom. The van der Waals surface area contributed by atoms with Crippen molar-refractivity contribution in [2.75, 3.05) is 0 Å². The molecule has 8 heteroatoms. The molecule has 2 amide bonds. The summed E-state index contributed by atoms with van der Waals surface area (Å²) in [6.45, 7) is 0. The van der Waals surface area contributed by atoms with Crippen LogP contribution in [0.1, 0.15) is 15.9 Å². The Morgan fingerprint density at radius 3 is 2.46 bits per heavy atom. The average Bonchev–Trinajstić information content (AvgIpc) is 3.09. The lowest BCUT2D eigenvalue weighted by Crippen LogP contribution is -2.47. The first-order valence-corrected chi connectivity index (χ1v) is 8.59. The van der Waals surface area contributed by atoms with Crippen LogP contribution in [0.25, 0.3) is 11.4 Å². The predicted octanol–water partition coefficient (Wildman–Crippen LogP) is 0.878. The molecule has 8 nitrogen and oxygen atoms in total. The van der Waals surface area contributed by atoms with Crippen molar-refractivity contribution in [1.82, 2.24) is 20.1 Å². The summed E-state index contributed by atoms with van der Waals surface area (Å²) in [7, 11) is 1.69. The van der Waals surface area contributed by atoms with Crippen molar-refractivity contribution >= 4 is 17.6 Å². The monoisotopic (exact) mass is 377 g/mol. The van der Waals surface area contributed by atoms with Crippen molar-refractivity contribution in [3.63, 3.8) is 0 Å². The van der Waals surface area contributed by atoms with Gasteiger partial charge in [0.1, 0.15) is 6.04 Å². The lowest BCUT2D eigenvalue weighted by molar-refractivity contribution is -0.137. The standard InChI is InChI=1S/C20H19N5O3/c1-25-17(15-9-5-6-10-22-15)14(12-23-25)20(28)24-16(18(26)19(21)27)11-13-7-3-2-4-8-13/h2-10,12,16H,11H2,1H3,(H2,21,27)(H,24,28). The van der Waals surface area contributed by atoms with E-state index in [1.165, 1.54) is 10.9 Å². The van der Waals surface area contributed by atoms with E-state index in [1.807, 2.05) is 18.2 Å². The van der Waals surface area contributed by atoms with Crippen LogP contribution in [0.15, 0.2) is 60.9 Å². The van der Waals surface area contributed by atoms with Crippen LogP contribution in [0.3, 0.4) is 0 Å². The number of nitrogens with zero attached hydrogens (tertiary/aromatic N) is 3. The van der Waals surface area contributed by atoms with Gasteiger partial charge >= 0.3 is 0 Å². The van der Waals surface area contributed by atoms with Crippen molar-refractivity contribution in [1.29, 1.82) is 0 Å². The van der Waals surface area contributed by atoms with Crippen molar-refractivity contribution in [2.45, 2.75) is 12.5 Å². The van der Waals surface area contributed by atoms with Crippen molar-refractivity contribution in [2.24, 2.45) is 12.8 Å². The second-order valence-electron chi connectivity index (χ2n) is 6.19. The molecule has 0 fully saturated rings. The van der Waals surface area contributed by atoms with Crippen LogP contribution in [0.5, 0.6) is 0 Å². The molecule has 1 atom stereocenters. The van der Waals surface area contributed by atoms with E-state index >= 15 is 0 Å². The summed E-state index contributed by atoms with van der Waals surface area (Å²) in [5.74, 6) is -2.50. The lowest BCUT2D eigenvalue weighted by atomic mass is 10.0. The van der Waals surface area contributed by atoms with Crippen LogP contribution in [-0.4, -0.2) is 38.4 Å². The Labute approximate surface area is 161 Å². The van der Waals surface area contributed by atoms with Crippen LogP contribution in [-0.2, 0) is 23.1 Å². The number of primary amides is 1. The second kappa shape index (κ2) is 8.26. The van der Waals surface area contributed by atoms with E-state index in [0.717, 1.165) is 5.56 Å². The van der Waals surface area contributed by atoms with Crippen LogP contribution >= 0.6 is 0 Å². The summed E-state index contributed by atoms with van der Waals surface area (Å²) < 4.78 is 1.53. The number of ketones is 1. The number of Topliss-reactive ketones (excluding diaryl/α,β-unsaturated/α-hetero) is 1. The number of aromatic nitrogens is 3. The first kappa shape index (κ1) is 19.0. The third kappa shape index (κ3) is 4.12. The fourth-order valence-corrected chi connectivity index (χ4v) is 2.88. The third-order valence-corrected chi connectivity index (χ3v) is 4.24. The normalized spacial score (nSPS) is 11.6. The summed E-state index contributed by atoms with van der Waals surface area (Å²) >= 11 is 0. The summed E-state index contributed by atoms with van der Waals surface area (Å²) in [5.41, 5.74) is 7.27. The molecule has 3 N–H and O–H groups in total. The van der Waals surface area contributed by atoms with Gasteiger partial charge in [-0.2, -0.15) is 5.10 Å². The number of nitrogens with one attached hydrogen (secondary N) is 1. The topological polar surface area (TPSA) is 120 Å². The van der Waals surface area contributed by atoms with Crippen LogP contribution < -0.4 is 11.1 Å². The molecule has 1 unspecified atom stereocenters. The minimum absolute atomic E-state index is 0.146. The minimum atomic E-state index is -1.10. The van der Waals surface area contributed by atoms with E-state index in [9.17, 15) is 14.4 Å². The number of pyridine rings is 1. The van der Waals surface area contributed by atoms with Gasteiger partial charge in [0.05, 0.1) is 23.1 Å². The summed E-state index contributed by atoms with van der Waals surface area (Å²) in [6, 6.07) is 13.3. The van der Waals surface area contributed by atoms with Crippen molar-refractivity contribution < 1.29 is 14.4 Å². The molecule has 0 aliphatic rings. The Hall–Kier alpha value is -3.81. The Balaban J connectivity index is 1.89. The molecule has 2 heterocycles. The summed E-state index contributed by atoms with van der Waals surface area (Å²) in [4.78, 5) is 40.8. The number of rotatable bonds is 7. The smallest absolute Gasteiger partial charge is 0.287 e. The molecule has 0 saturated heterocycles. The zero-order valence-electron chi connectivity index (χ0n) is 15.2. The van der Waals surface area contributed by atoms with E-state index < -0.39 is 23.6 Å². The number of carbonyl (C=O) groups excluding carboxylic acids is 3. The molecule has 0 aliphatic heterocycles. The molecule has 28 heavy (non-hydrogen) atoms. The van der Waals surface area contributed by atoms with E-state index in [2.05, 4.69) is 15.4 Å². The maximum Gasteiger partial charge on any atom is 0.287 e. The zero-order chi connectivity index (χ0) is 20.1. The number of carbonyl (C=O) groups is 3. The quantitative estimate of drug-likeness (QED) is 0.592. The van der Waals surface area contributed by atoms with E-state index in [-0.39, 0.29) is 12.0 Å². The second-order valence-corrected chi connectivity index (χ2v) is 6.19. The van der Waals surface area contributed by atoms with Gasteiger partial charge in [0, 0.05) is 19.7 Å². The van der Waals surface area contributed by atoms with Gasteiger partial charge in [-0.05, 0) is 17.7 Å². The molecule has 3 aromatic rings. The van der Waals surface area contributed by atoms with Gasteiger partial charge in [-0.15, -0.1) is 0 Å². The number of nitrogens with two attached hydrogens (primary N) is 1. The SMILES string of the molecule is Cn1ncc(C(=O)NC(Cc2ccccc2)C(=O)C(N)=O)c1-c1ccccn1. The van der Waals surface area contributed by atoms with E-state index in [1.54, 1.807) is 43.6 Å². The van der Waals surface area contributed by atoms with Gasteiger partial charge in [0.25, 0.3) is 11.8 Å². The first-order valence-electron chi connectivity index (χ1n) is 8.59. The zero-order valence-corrected chi connectivity index (χ0v) is 15.2. The van der Waals surface area contributed by atoms with Crippen LogP contribution in [0.4, 0.5) is 0 Å². The van der Waals surface area contributed by atoms with Crippen LogP contribution in [0.2, 0.25) is 0 Å². The molecule has 0 aliphatic carbocycles. The maximum absolute atomic E-state index is 12.9. The Kier molecular flexibility index (Phi) is 5.59. The highest BCUT2D eigenvalue weighted by atomic mass is 16.2. The van der Waals surface area contributed by atoms with Crippen LogP contribution in [0, 0.1) is 0 Å². The highest BCUT2D eigenvalue weighted by molar-refractivity contribution is 6.38. The minimum Gasteiger partial charge on any atom is -0.363 e. The van der Waals surface area contributed by atoms with Gasteiger partial charge in [-0.25, -0.2) is 0 Å². The molecule has 0 bridgehead atoms. The Morgan fingerprint density at radius 1 is 1.11 bits per heavy atom. The largest absolute Gasteiger partial charge is 0.363 e. The number of benzene rings is 1.